The summed E-state index contributed by atoms with van der Waals surface area (Å²) in [6.07, 6.45) is 6.75. The molecule has 1 unspecified atom stereocenters. The number of nitrogens with zero attached hydrogens (tertiary/aromatic N) is 2. The van der Waals surface area contributed by atoms with E-state index in [1.54, 1.807) is 31.4 Å². The maximum Gasteiger partial charge on any atom is 0.321 e. The summed E-state index contributed by atoms with van der Waals surface area (Å²) in [5.41, 5.74) is 4.32. The topological polar surface area (TPSA) is 83.2 Å². The molecule has 5 nitrogen and oxygen atoms in total. The number of allylic oxidation sites excluding steroid dienone is 4. The number of carboxylic acids is 1. The van der Waals surface area contributed by atoms with Gasteiger partial charge < -0.3 is 9.84 Å². The Hall–Kier alpha value is -3.82. The Morgan fingerprint density at radius 2 is 1.94 bits per heavy atom. The summed E-state index contributed by atoms with van der Waals surface area (Å²) < 4.78 is 5.25. The molecule has 6 heteroatoms. The van der Waals surface area contributed by atoms with Crippen LogP contribution in [-0.2, 0) is 4.79 Å². The highest BCUT2D eigenvalue weighted by molar-refractivity contribution is 8.00. The van der Waals surface area contributed by atoms with E-state index < -0.39 is 11.2 Å². The molecule has 3 aromatic rings. The zero-order valence-corrected chi connectivity index (χ0v) is 18.2. The van der Waals surface area contributed by atoms with E-state index in [9.17, 15) is 15.2 Å². The summed E-state index contributed by atoms with van der Waals surface area (Å²) in [5, 5.41) is 19.5. The fourth-order valence-corrected chi connectivity index (χ4v) is 4.56. The second-order valence-electron chi connectivity index (χ2n) is 7.15. The fraction of sp³-hybridized carbons (Fsp3) is 0.115. The molecule has 1 aliphatic carbocycles. The number of aromatic nitrogens is 1. The third-order valence-electron chi connectivity index (χ3n) is 5.16. The highest BCUT2D eigenvalue weighted by atomic mass is 32.2. The molecular formula is C26H20N2O3S. The highest BCUT2D eigenvalue weighted by Crippen LogP contribution is 2.40. The van der Waals surface area contributed by atoms with Crippen LogP contribution in [0.1, 0.15) is 28.5 Å². The van der Waals surface area contributed by atoms with Gasteiger partial charge in [-0.05, 0) is 41.3 Å². The maximum atomic E-state index is 12.1. The quantitative estimate of drug-likeness (QED) is 0.461. The minimum atomic E-state index is -0.981. The Kier molecular flexibility index (Phi) is 6.39. The van der Waals surface area contributed by atoms with E-state index in [4.69, 9.17) is 9.72 Å². The molecule has 0 fully saturated rings. The van der Waals surface area contributed by atoms with Gasteiger partial charge in [-0.25, -0.2) is 4.98 Å². The number of carbonyl (C=O) groups is 1. The molecule has 0 aliphatic heterocycles. The molecule has 0 bridgehead atoms. The van der Waals surface area contributed by atoms with Crippen molar-refractivity contribution in [2.45, 2.75) is 16.7 Å². The third-order valence-corrected chi connectivity index (χ3v) is 6.38. The van der Waals surface area contributed by atoms with E-state index in [2.05, 4.69) is 6.07 Å². The molecule has 1 aromatic heterocycles. The van der Waals surface area contributed by atoms with Gasteiger partial charge in [-0.1, -0.05) is 72.5 Å². The number of hydrogen-bond donors (Lipinski definition) is 1. The standard InChI is InChI=1S/C26H20N2O3S/c1-31-20-13-11-17(12-14-20)21-15-23(18-7-5-6-8-18)28-25(22(21)16-27)32-24(26(29)30)19-9-3-2-4-10-19/h2-7,9-15,24H,8H2,1H3,(H,29,30). The molecule has 0 saturated carbocycles. The van der Waals surface area contributed by atoms with E-state index in [0.717, 1.165) is 35.0 Å². The van der Waals surface area contributed by atoms with Gasteiger partial charge in [0, 0.05) is 5.56 Å². The molecule has 1 N–H and O–H groups in total. The molecule has 4 rings (SSSR count). The van der Waals surface area contributed by atoms with Crippen LogP contribution in [0.5, 0.6) is 5.75 Å². The van der Waals surface area contributed by atoms with Crippen LogP contribution >= 0.6 is 11.8 Å². The van der Waals surface area contributed by atoms with Crippen LogP contribution in [-0.4, -0.2) is 23.2 Å². The Balaban J connectivity index is 1.85. The van der Waals surface area contributed by atoms with Crippen molar-refractivity contribution in [3.63, 3.8) is 0 Å². The van der Waals surface area contributed by atoms with Crippen molar-refractivity contribution in [2.75, 3.05) is 7.11 Å². The number of rotatable bonds is 7. The number of pyridine rings is 1. The maximum absolute atomic E-state index is 12.1. The summed E-state index contributed by atoms with van der Waals surface area (Å²) in [6.45, 7) is 0. The Bertz CT molecular complexity index is 1240. The van der Waals surface area contributed by atoms with Crippen molar-refractivity contribution in [2.24, 2.45) is 0 Å². The zero-order valence-electron chi connectivity index (χ0n) is 17.4. The largest absolute Gasteiger partial charge is 0.497 e. The molecule has 32 heavy (non-hydrogen) atoms. The number of benzene rings is 2. The lowest BCUT2D eigenvalue weighted by atomic mass is 9.99. The molecule has 1 atom stereocenters. The first-order valence-electron chi connectivity index (χ1n) is 10.0. The first-order chi connectivity index (χ1) is 15.6. The third kappa shape index (κ3) is 4.43. The number of hydrogen-bond acceptors (Lipinski definition) is 5. The van der Waals surface area contributed by atoms with E-state index in [0.29, 0.717) is 27.5 Å². The smallest absolute Gasteiger partial charge is 0.321 e. The monoisotopic (exact) mass is 440 g/mol. The molecule has 0 saturated heterocycles. The van der Waals surface area contributed by atoms with Gasteiger partial charge in [0.15, 0.2) is 0 Å². The van der Waals surface area contributed by atoms with Crippen LogP contribution in [0, 0.1) is 11.3 Å². The van der Waals surface area contributed by atoms with Crippen molar-refractivity contribution in [1.82, 2.24) is 4.98 Å². The van der Waals surface area contributed by atoms with Gasteiger partial charge in [-0.2, -0.15) is 5.26 Å². The molecule has 0 amide bonds. The van der Waals surface area contributed by atoms with Crippen molar-refractivity contribution < 1.29 is 14.6 Å². The number of nitriles is 1. The molecule has 1 heterocycles. The summed E-state index contributed by atoms with van der Waals surface area (Å²) in [7, 11) is 1.60. The number of carboxylic acid groups (broad SMARTS) is 1. The molecular weight excluding hydrogens is 420 g/mol. The van der Waals surface area contributed by atoms with Crippen LogP contribution in [0.3, 0.4) is 0 Å². The minimum Gasteiger partial charge on any atom is -0.497 e. The minimum absolute atomic E-state index is 0.359. The van der Waals surface area contributed by atoms with Crippen molar-refractivity contribution in [3.8, 4) is 22.9 Å². The number of thioether (sulfide) groups is 1. The Morgan fingerprint density at radius 1 is 1.19 bits per heavy atom. The second-order valence-corrected chi connectivity index (χ2v) is 8.24. The highest BCUT2D eigenvalue weighted by Gasteiger charge is 2.26. The normalized spacial score (nSPS) is 13.3. The number of aliphatic carboxylic acids is 1. The van der Waals surface area contributed by atoms with Gasteiger partial charge in [0.2, 0.25) is 0 Å². The van der Waals surface area contributed by atoms with Crippen LogP contribution in [0.2, 0.25) is 0 Å². The van der Waals surface area contributed by atoms with Gasteiger partial charge in [0.25, 0.3) is 0 Å². The van der Waals surface area contributed by atoms with Crippen LogP contribution in [0.15, 0.2) is 83.9 Å². The Morgan fingerprint density at radius 3 is 2.53 bits per heavy atom. The number of ether oxygens (including phenoxy) is 1. The summed E-state index contributed by atoms with van der Waals surface area (Å²) in [4.78, 5) is 16.8. The van der Waals surface area contributed by atoms with Crippen molar-refractivity contribution in [1.29, 1.82) is 5.26 Å². The van der Waals surface area contributed by atoms with Gasteiger partial charge in [-0.3, -0.25) is 4.79 Å². The lowest BCUT2D eigenvalue weighted by Gasteiger charge is -2.16. The fourth-order valence-electron chi connectivity index (χ4n) is 3.52. The van der Waals surface area contributed by atoms with E-state index in [1.807, 2.05) is 54.6 Å². The second kappa shape index (κ2) is 9.54. The van der Waals surface area contributed by atoms with E-state index in [1.165, 1.54) is 0 Å². The molecule has 0 spiro atoms. The first kappa shape index (κ1) is 21.4. The summed E-state index contributed by atoms with van der Waals surface area (Å²) >= 11 is 1.09. The van der Waals surface area contributed by atoms with Crippen molar-refractivity contribution in [3.05, 3.63) is 95.7 Å². The van der Waals surface area contributed by atoms with Crippen molar-refractivity contribution >= 4 is 23.3 Å². The molecule has 2 aromatic carbocycles. The molecule has 0 radical (unpaired) electrons. The predicted molar refractivity (Wildman–Crippen MR) is 125 cm³/mol. The van der Waals surface area contributed by atoms with Crippen LogP contribution < -0.4 is 4.74 Å². The van der Waals surface area contributed by atoms with E-state index in [-0.39, 0.29) is 0 Å². The van der Waals surface area contributed by atoms with Crippen LogP contribution in [0.4, 0.5) is 0 Å². The van der Waals surface area contributed by atoms with Gasteiger partial charge >= 0.3 is 5.97 Å². The lowest BCUT2D eigenvalue weighted by Crippen LogP contribution is -2.09. The van der Waals surface area contributed by atoms with Gasteiger partial charge in [0.1, 0.15) is 22.1 Å². The Labute approximate surface area is 190 Å². The summed E-state index contributed by atoms with van der Waals surface area (Å²) in [6, 6.07) is 20.6. The van der Waals surface area contributed by atoms with Gasteiger partial charge in [-0.15, -0.1) is 0 Å². The SMILES string of the molecule is COc1ccc(-c2cc(C3=CC=CC3)nc(SC(C(=O)O)c3ccccc3)c2C#N)cc1. The number of methoxy groups -OCH3 is 1. The average Bonchev–Trinajstić information content (AvgIpc) is 3.37. The molecule has 158 valence electrons. The first-order valence-corrected chi connectivity index (χ1v) is 10.9. The van der Waals surface area contributed by atoms with E-state index >= 15 is 0 Å². The summed E-state index contributed by atoms with van der Waals surface area (Å²) in [5.74, 6) is -0.265. The molecule has 1 aliphatic rings. The zero-order chi connectivity index (χ0) is 22.5. The van der Waals surface area contributed by atoms with Crippen LogP contribution in [0.25, 0.3) is 16.7 Å². The average molecular weight is 441 g/mol. The lowest BCUT2D eigenvalue weighted by molar-refractivity contribution is -0.136. The van der Waals surface area contributed by atoms with Gasteiger partial charge in [0.05, 0.1) is 18.4 Å². The predicted octanol–water partition coefficient (Wildman–Crippen LogP) is 5.89.